The fourth-order valence-corrected chi connectivity index (χ4v) is 2.76. The molecule has 1 aromatic carbocycles. The Balaban J connectivity index is 1.84. The van der Waals surface area contributed by atoms with Gasteiger partial charge in [0, 0.05) is 40.7 Å². The van der Waals surface area contributed by atoms with Gasteiger partial charge in [0.15, 0.2) is 0 Å². The normalized spacial score (nSPS) is 20.1. The van der Waals surface area contributed by atoms with E-state index in [0.717, 1.165) is 30.8 Å². The average molecular weight is 253 g/mol. The van der Waals surface area contributed by atoms with Crippen LogP contribution >= 0.6 is 0 Å². The lowest BCUT2D eigenvalue weighted by Gasteiger charge is -2.24. The Labute approximate surface area is 110 Å². The second-order valence-electron chi connectivity index (χ2n) is 4.93. The Morgan fingerprint density at radius 1 is 1.16 bits per heavy atom. The van der Waals surface area contributed by atoms with Crippen molar-refractivity contribution in [3.05, 3.63) is 42.2 Å². The number of benzene rings is 1. The van der Waals surface area contributed by atoms with E-state index in [4.69, 9.17) is 4.74 Å². The van der Waals surface area contributed by atoms with Gasteiger partial charge in [0.2, 0.25) is 0 Å². The maximum Gasteiger partial charge on any atom is 0.0662 e. The molecule has 2 N–H and O–H groups in total. The summed E-state index contributed by atoms with van der Waals surface area (Å²) in [5.74, 6) is 0. The van der Waals surface area contributed by atoms with Crippen LogP contribution in [0.4, 0.5) is 0 Å². The molecule has 3 aromatic rings. The molecule has 0 aliphatic carbocycles. The number of ether oxygens (including phenoxy) is 1. The van der Waals surface area contributed by atoms with E-state index in [2.05, 4.69) is 33.5 Å². The van der Waals surface area contributed by atoms with E-state index in [1.54, 1.807) is 0 Å². The summed E-state index contributed by atoms with van der Waals surface area (Å²) < 4.78 is 5.52. The van der Waals surface area contributed by atoms with Crippen LogP contribution in [0.3, 0.4) is 0 Å². The minimum atomic E-state index is 0.294. The maximum atomic E-state index is 5.52. The molecule has 0 spiro atoms. The first-order valence-electron chi connectivity index (χ1n) is 6.58. The predicted molar refractivity (Wildman–Crippen MR) is 75.2 cm³/mol. The Morgan fingerprint density at radius 2 is 2.16 bits per heavy atom. The summed E-state index contributed by atoms with van der Waals surface area (Å²) in [7, 11) is 0. The zero-order valence-electron chi connectivity index (χ0n) is 10.5. The monoisotopic (exact) mass is 253 g/mol. The summed E-state index contributed by atoms with van der Waals surface area (Å²) in [6, 6.07) is 8.86. The standard InChI is InChI=1S/C15H15N3O/c1-2-11-12-8-16-4-3-13(12)18-14(11)7-10(1)15-9-19-6-5-17-15/h1-4,7-8,15,17-18H,5-6,9H2. The molecule has 1 aliphatic heterocycles. The summed E-state index contributed by atoms with van der Waals surface area (Å²) in [6.45, 7) is 2.46. The zero-order chi connectivity index (χ0) is 12.7. The molecule has 19 heavy (non-hydrogen) atoms. The van der Waals surface area contributed by atoms with Crippen molar-refractivity contribution in [2.45, 2.75) is 6.04 Å². The Hall–Kier alpha value is -1.91. The molecule has 0 saturated carbocycles. The summed E-state index contributed by atoms with van der Waals surface area (Å²) in [5.41, 5.74) is 3.56. The van der Waals surface area contributed by atoms with E-state index in [1.807, 2.05) is 18.5 Å². The van der Waals surface area contributed by atoms with Gasteiger partial charge < -0.3 is 15.0 Å². The van der Waals surface area contributed by atoms with Crippen LogP contribution in [0.15, 0.2) is 36.7 Å². The van der Waals surface area contributed by atoms with Gasteiger partial charge in [-0.15, -0.1) is 0 Å². The number of aromatic nitrogens is 2. The molecule has 2 aromatic heterocycles. The number of H-pyrrole nitrogens is 1. The third kappa shape index (κ3) is 1.80. The first-order valence-corrected chi connectivity index (χ1v) is 6.58. The smallest absolute Gasteiger partial charge is 0.0662 e. The topological polar surface area (TPSA) is 49.9 Å². The SMILES string of the molecule is c1cc2[nH]c3cc(C4COCCN4)ccc3c2cn1. The van der Waals surface area contributed by atoms with Gasteiger partial charge in [0.1, 0.15) is 0 Å². The van der Waals surface area contributed by atoms with Crippen LogP contribution in [-0.4, -0.2) is 29.7 Å². The lowest BCUT2D eigenvalue weighted by molar-refractivity contribution is 0.0769. The molecule has 1 aliphatic rings. The summed E-state index contributed by atoms with van der Waals surface area (Å²) in [5, 5.41) is 5.89. The van der Waals surface area contributed by atoms with Gasteiger partial charge in [-0.25, -0.2) is 0 Å². The van der Waals surface area contributed by atoms with Crippen LogP contribution in [-0.2, 0) is 4.74 Å². The van der Waals surface area contributed by atoms with Crippen molar-refractivity contribution in [1.82, 2.24) is 15.3 Å². The fourth-order valence-electron chi connectivity index (χ4n) is 2.76. The van der Waals surface area contributed by atoms with Crippen LogP contribution in [0.5, 0.6) is 0 Å². The molecule has 4 rings (SSSR count). The summed E-state index contributed by atoms with van der Waals surface area (Å²) >= 11 is 0. The molecule has 0 radical (unpaired) electrons. The Kier molecular flexibility index (Phi) is 2.50. The van der Waals surface area contributed by atoms with Gasteiger partial charge in [0.05, 0.1) is 19.3 Å². The van der Waals surface area contributed by atoms with Crippen molar-refractivity contribution in [3.8, 4) is 0 Å². The van der Waals surface area contributed by atoms with E-state index in [9.17, 15) is 0 Å². The van der Waals surface area contributed by atoms with Gasteiger partial charge in [-0.2, -0.15) is 0 Å². The molecule has 1 fully saturated rings. The van der Waals surface area contributed by atoms with Crippen molar-refractivity contribution >= 4 is 21.8 Å². The van der Waals surface area contributed by atoms with Gasteiger partial charge in [-0.1, -0.05) is 12.1 Å². The zero-order valence-corrected chi connectivity index (χ0v) is 10.5. The maximum absolute atomic E-state index is 5.52. The number of morpholine rings is 1. The molecule has 1 unspecified atom stereocenters. The highest BCUT2D eigenvalue weighted by molar-refractivity contribution is 6.06. The second kappa shape index (κ2) is 4.33. The van der Waals surface area contributed by atoms with Crippen molar-refractivity contribution in [2.75, 3.05) is 19.8 Å². The molecule has 1 saturated heterocycles. The van der Waals surface area contributed by atoms with Gasteiger partial charge in [-0.3, -0.25) is 4.98 Å². The first kappa shape index (κ1) is 11.0. The first-order chi connectivity index (χ1) is 9.42. The number of hydrogen-bond acceptors (Lipinski definition) is 3. The Bertz CT molecular complexity index is 728. The molecule has 0 bridgehead atoms. The highest BCUT2D eigenvalue weighted by Crippen LogP contribution is 2.27. The van der Waals surface area contributed by atoms with Crippen molar-refractivity contribution in [1.29, 1.82) is 0 Å². The molecule has 4 nitrogen and oxygen atoms in total. The van der Waals surface area contributed by atoms with Gasteiger partial charge >= 0.3 is 0 Å². The molecule has 4 heteroatoms. The van der Waals surface area contributed by atoms with Gasteiger partial charge in [-0.05, 0) is 17.7 Å². The average Bonchev–Trinajstić information content (AvgIpc) is 2.86. The van der Waals surface area contributed by atoms with E-state index in [-0.39, 0.29) is 0 Å². The lowest BCUT2D eigenvalue weighted by Crippen LogP contribution is -2.34. The Morgan fingerprint density at radius 3 is 3.05 bits per heavy atom. The number of fused-ring (bicyclic) bond motifs is 3. The predicted octanol–water partition coefficient (Wildman–Crippen LogP) is 2.38. The lowest BCUT2D eigenvalue weighted by atomic mass is 10.0. The highest BCUT2D eigenvalue weighted by atomic mass is 16.5. The molecular weight excluding hydrogens is 238 g/mol. The number of nitrogens with one attached hydrogen (secondary N) is 2. The minimum absolute atomic E-state index is 0.294. The van der Waals surface area contributed by atoms with Crippen LogP contribution in [0.2, 0.25) is 0 Å². The minimum Gasteiger partial charge on any atom is -0.378 e. The number of hydrogen-bond donors (Lipinski definition) is 2. The molecule has 96 valence electrons. The van der Waals surface area contributed by atoms with E-state index in [0.29, 0.717) is 6.04 Å². The number of pyridine rings is 1. The molecule has 3 heterocycles. The van der Waals surface area contributed by atoms with E-state index in [1.165, 1.54) is 16.3 Å². The van der Waals surface area contributed by atoms with Crippen LogP contribution in [0.1, 0.15) is 11.6 Å². The van der Waals surface area contributed by atoms with Crippen LogP contribution < -0.4 is 5.32 Å². The molecular formula is C15H15N3O. The molecule has 0 amide bonds. The summed E-state index contributed by atoms with van der Waals surface area (Å²) in [4.78, 5) is 7.64. The second-order valence-corrected chi connectivity index (χ2v) is 4.93. The third-order valence-corrected chi connectivity index (χ3v) is 3.75. The number of nitrogens with zero attached hydrogens (tertiary/aromatic N) is 1. The third-order valence-electron chi connectivity index (χ3n) is 3.75. The number of aromatic amines is 1. The van der Waals surface area contributed by atoms with E-state index < -0.39 is 0 Å². The van der Waals surface area contributed by atoms with Crippen LogP contribution in [0, 0.1) is 0 Å². The summed E-state index contributed by atoms with van der Waals surface area (Å²) in [6.07, 6.45) is 3.73. The largest absolute Gasteiger partial charge is 0.378 e. The number of rotatable bonds is 1. The van der Waals surface area contributed by atoms with E-state index >= 15 is 0 Å². The highest BCUT2D eigenvalue weighted by Gasteiger charge is 2.16. The van der Waals surface area contributed by atoms with Crippen molar-refractivity contribution in [2.24, 2.45) is 0 Å². The quantitative estimate of drug-likeness (QED) is 0.700. The van der Waals surface area contributed by atoms with Crippen molar-refractivity contribution < 1.29 is 4.74 Å². The van der Waals surface area contributed by atoms with Crippen LogP contribution in [0.25, 0.3) is 21.8 Å². The molecule has 1 atom stereocenters. The fraction of sp³-hybridized carbons (Fsp3) is 0.267. The van der Waals surface area contributed by atoms with Gasteiger partial charge in [0.25, 0.3) is 0 Å². The van der Waals surface area contributed by atoms with Crippen molar-refractivity contribution in [3.63, 3.8) is 0 Å².